The monoisotopic (exact) mass is 365 g/mol. The Bertz CT molecular complexity index is 669. The minimum absolute atomic E-state index is 0.470. The summed E-state index contributed by atoms with van der Waals surface area (Å²) >= 11 is 0. The number of benzene rings is 1. The Morgan fingerprint density at radius 2 is 1.69 bits per heavy atom. The molecule has 0 spiro atoms. The molecule has 1 aromatic heterocycles. The van der Waals surface area contributed by atoms with Crippen molar-refractivity contribution in [3.8, 4) is 5.75 Å². The smallest absolute Gasteiger partial charge is 0.416 e. The van der Waals surface area contributed by atoms with Crippen molar-refractivity contribution >= 4 is 5.82 Å². The fourth-order valence-corrected chi connectivity index (χ4v) is 2.96. The van der Waals surface area contributed by atoms with E-state index in [0.717, 1.165) is 57.1 Å². The Morgan fingerprint density at radius 3 is 2.31 bits per heavy atom. The largest absolute Gasteiger partial charge is 0.494 e. The lowest BCUT2D eigenvalue weighted by molar-refractivity contribution is -0.137. The molecule has 1 aromatic carbocycles. The molecule has 0 N–H and O–H groups in total. The number of hydrogen-bond acceptors (Lipinski definition) is 4. The third-order valence-corrected chi connectivity index (χ3v) is 4.41. The van der Waals surface area contributed by atoms with Crippen LogP contribution < -0.4 is 9.64 Å². The van der Waals surface area contributed by atoms with Gasteiger partial charge in [0.05, 0.1) is 12.2 Å². The van der Waals surface area contributed by atoms with Crippen LogP contribution in [0.4, 0.5) is 19.0 Å². The molecule has 3 rings (SSSR count). The van der Waals surface area contributed by atoms with Crippen molar-refractivity contribution < 1.29 is 17.9 Å². The first-order chi connectivity index (χ1) is 12.5. The van der Waals surface area contributed by atoms with E-state index in [1.165, 1.54) is 12.1 Å². The maximum Gasteiger partial charge on any atom is 0.416 e. The van der Waals surface area contributed by atoms with Crippen molar-refractivity contribution in [3.05, 3.63) is 54.2 Å². The van der Waals surface area contributed by atoms with Crippen LogP contribution in [0.1, 0.15) is 12.0 Å². The zero-order chi connectivity index (χ0) is 18.4. The number of piperazine rings is 1. The maximum absolute atomic E-state index is 12.5. The molecule has 2 aromatic rings. The van der Waals surface area contributed by atoms with E-state index in [-0.39, 0.29) is 0 Å². The first kappa shape index (κ1) is 18.5. The molecule has 0 bridgehead atoms. The highest BCUT2D eigenvalue weighted by atomic mass is 19.4. The van der Waals surface area contributed by atoms with E-state index >= 15 is 0 Å². The standard InChI is InChI=1S/C19H22F3N3O/c20-19(21,22)16-5-7-17(8-6-16)26-15-3-10-24-11-13-25(14-12-24)18-4-1-2-9-23-18/h1-2,4-9H,3,10-15H2. The van der Waals surface area contributed by atoms with Gasteiger partial charge < -0.3 is 9.64 Å². The van der Waals surface area contributed by atoms with E-state index in [0.29, 0.717) is 12.4 Å². The molecule has 0 radical (unpaired) electrons. The van der Waals surface area contributed by atoms with Crippen LogP contribution in [-0.2, 0) is 6.18 Å². The van der Waals surface area contributed by atoms with Gasteiger partial charge in [-0.15, -0.1) is 0 Å². The van der Waals surface area contributed by atoms with Crippen LogP contribution >= 0.6 is 0 Å². The summed E-state index contributed by atoms with van der Waals surface area (Å²) in [6.45, 7) is 5.23. The van der Waals surface area contributed by atoms with Crippen molar-refractivity contribution in [2.75, 3.05) is 44.2 Å². The molecule has 0 unspecified atom stereocenters. The molecule has 26 heavy (non-hydrogen) atoms. The molecule has 0 atom stereocenters. The Kier molecular flexibility index (Phi) is 5.98. The summed E-state index contributed by atoms with van der Waals surface area (Å²) in [5.41, 5.74) is -0.657. The summed E-state index contributed by atoms with van der Waals surface area (Å²) in [6, 6.07) is 10.8. The van der Waals surface area contributed by atoms with Crippen LogP contribution in [-0.4, -0.2) is 49.2 Å². The van der Waals surface area contributed by atoms with Crippen LogP contribution in [0, 0.1) is 0 Å². The average molecular weight is 365 g/mol. The normalized spacial score (nSPS) is 15.9. The first-order valence-electron chi connectivity index (χ1n) is 8.71. The summed E-state index contributed by atoms with van der Waals surface area (Å²) in [5, 5.41) is 0. The summed E-state index contributed by atoms with van der Waals surface area (Å²) in [6.07, 6.45) is -1.67. The second-order valence-electron chi connectivity index (χ2n) is 6.24. The van der Waals surface area contributed by atoms with Crippen LogP contribution in [0.3, 0.4) is 0 Å². The maximum atomic E-state index is 12.5. The molecule has 1 aliphatic heterocycles. The number of nitrogens with zero attached hydrogens (tertiary/aromatic N) is 3. The lowest BCUT2D eigenvalue weighted by atomic mass is 10.2. The highest BCUT2D eigenvalue weighted by molar-refractivity contribution is 5.38. The number of rotatable bonds is 6. The van der Waals surface area contributed by atoms with Crippen LogP contribution in [0.5, 0.6) is 5.75 Å². The quantitative estimate of drug-likeness (QED) is 0.730. The summed E-state index contributed by atoms with van der Waals surface area (Å²) in [4.78, 5) is 9.02. The zero-order valence-electron chi connectivity index (χ0n) is 14.5. The van der Waals surface area contributed by atoms with E-state index in [2.05, 4.69) is 14.8 Å². The molecule has 4 nitrogen and oxygen atoms in total. The van der Waals surface area contributed by atoms with Gasteiger partial charge in [0.15, 0.2) is 0 Å². The number of pyridine rings is 1. The Balaban J connectivity index is 1.35. The second-order valence-corrected chi connectivity index (χ2v) is 6.24. The number of aromatic nitrogens is 1. The van der Waals surface area contributed by atoms with Crippen molar-refractivity contribution in [1.29, 1.82) is 0 Å². The SMILES string of the molecule is FC(F)(F)c1ccc(OCCCN2CCN(c3ccccn3)CC2)cc1. The van der Waals surface area contributed by atoms with E-state index in [9.17, 15) is 13.2 Å². The molecule has 7 heteroatoms. The zero-order valence-corrected chi connectivity index (χ0v) is 14.5. The van der Waals surface area contributed by atoms with Crippen LogP contribution in [0.25, 0.3) is 0 Å². The van der Waals surface area contributed by atoms with Gasteiger partial charge in [0.2, 0.25) is 0 Å². The van der Waals surface area contributed by atoms with Gasteiger partial charge in [0, 0.05) is 38.9 Å². The molecular weight excluding hydrogens is 343 g/mol. The number of halogens is 3. The third kappa shape index (κ3) is 5.11. The Labute approximate surface area is 151 Å². The molecule has 0 saturated carbocycles. The van der Waals surface area contributed by atoms with Gasteiger partial charge in [-0.1, -0.05) is 6.07 Å². The van der Waals surface area contributed by atoms with E-state index in [1.54, 1.807) is 6.20 Å². The van der Waals surface area contributed by atoms with Crippen LogP contribution in [0.15, 0.2) is 48.7 Å². The minimum atomic E-state index is -4.31. The fourth-order valence-electron chi connectivity index (χ4n) is 2.96. The van der Waals surface area contributed by atoms with Gasteiger partial charge in [-0.3, -0.25) is 4.90 Å². The summed E-state index contributed by atoms with van der Waals surface area (Å²) in [7, 11) is 0. The van der Waals surface area contributed by atoms with Gasteiger partial charge in [0.1, 0.15) is 11.6 Å². The molecular formula is C19H22F3N3O. The van der Waals surface area contributed by atoms with Gasteiger partial charge in [-0.2, -0.15) is 13.2 Å². The molecule has 140 valence electrons. The van der Waals surface area contributed by atoms with Crippen molar-refractivity contribution in [2.45, 2.75) is 12.6 Å². The molecule has 1 saturated heterocycles. The highest BCUT2D eigenvalue weighted by Crippen LogP contribution is 2.30. The average Bonchev–Trinajstić information content (AvgIpc) is 2.66. The lowest BCUT2D eigenvalue weighted by Crippen LogP contribution is -2.47. The van der Waals surface area contributed by atoms with Crippen molar-refractivity contribution in [2.24, 2.45) is 0 Å². The van der Waals surface area contributed by atoms with E-state index < -0.39 is 11.7 Å². The third-order valence-electron chi connectivity index (χ3n) is 4.41. The predicted molar refractivity (Wildman–Crippen MR) is 94.4 cm³/mol. The molecule has 0 aliphatic carbocycles. The van der Waals surface area contributed by atoms with E-state index in [1.807, 2.05) is 18.2 Å². The fraction of sp³-hybridized carbons (Fsp3) is 0.421. The van der Waals surface area contributed by atoms with Crippen molar-refractivity contribution in [1.82, 2.24) is 9.88 Å². The number of alkyl halides is 3. The summed E-state index contributed by atoms with van der Waals surface area (Å²) < 4.78 is 43.1. The van der Waals surface area contributed by atoms with Gasteiger partial charge in [-0.05, 0) is 42.8 Å². The van der Waals surface area contributed by atoms with Crippen LogP contribution in [0.2, 0.25) is 0 Å². The summed E-state index contributed by atoms with van der Waals surface area (Å²) in [5.74, 6) is 1.48. The Hall–Kier alpha value is -2.28. The Morgan fingerprint density at radius 1 is 0.962 bits per heavy atom. The minimum Gasteiger partial charge on any atom is -0.494 e. The van der Waals surface area contributed by atoms with Gasteiger partial charge in [0.25, 0.3) is 0 Å². The number of hydrogen-bond donors (Lipinski definition) is 0. The lowest BCUT2D eigenvalue weighted by Gasteiger charge is -2.35. The number of ether oxygens (including phenoxy) is 1. The van der Waals surface area contributed by atoms with E-state index in [4.69, 9.17) is 4.74 Å². The highest BCUT2D eigenvalue weighted by Gasteiger charge is 2.30. The van der Waals surface area contributed by atoms with Gasteiger partial charge >= 0.3 is 6.18 Å². The predicted octanol–water partition coefficient (Wildman–Crippen LogP) is 3.69. The van der Waals surface area contributed by atoms with Gasteiger partial charge in [-0.25, -0.2) is 4.98 Å². The number of anilines is 1. The molecule has 0 amide bonds. The first-order valence-corrected chi connectivity index (χ1v) is 8.71. The van der Waals surface area contributed by atoms with Crippen molar-refractivity contribution in [3.63, 3.8) is 0 Å². The second kappa shape index (κ2) is 8.40. The topological polar surface area (TPSA) is 28.6 Å². The molecule has 1 aliphatic rings. The molecule has 1 fully saturated rings. The molecule has 2 heterocycles.